The molecule has 3 nitrogen and oxygen atoms in total. The van der Waals surface area contributed by atoms with Crippen molar-refractivity contribution in [3.05, 3.63) is 29.3 Å². The highest BCUT2D eigenvalue weighted by atomic mass is 16.5. The second-order valence-corrected chi connectivity index (χ2v) is 5.29. The zero-order valence-corrected chi connectivity index (χ0v) is 10.7. The maximum absolute atomic E-state index is 9.60. The molecule has 0 aromatic heterocycles. The van der Waals surface area contributed by atoms with Crippen molar-refractivity contribution in [2.75, 3.05) is 6.61 Å². The normalized spacial score (nSPS) is 26.6. The van der Waals surface area contributed by atoms with Crippen LogP contribution in [0.25, 0.3) is 0 Å². The third-order valence-corrected chi connectivity index (χ3v) is 3.82. The van der Waals surface area contributed by atoms with Gasteiger partial charge in [0, 0.05) is 24.5 Å². The van der Waals surface area contributed by atoms with Crippen molar-refractivity contribution >= 4 is 0 Å². The molecule has 0 aliphatic heterocycles. The summed E-state index contributed by atoms with van der Waals surface area (Å²) in [5.41, 5.74) is 8.50. The van der Waals surface area contributed by atoms with Gasteiger partial charge in [-0.2, -0.15) is 0 Å². The third kappa shape index (κ3) is 2.05. The molecule has 3 heteroatoms. The number of aromatic hydroxyl groups is 1. The van der Waals surface area contributed by atoms with E-state index in [0.29, 0.717) is 12.4 Å². The minimum atomic E-state index is -0.174. The molecule has 94 valence electrons. The lowest BCUT2D eigenvalue weighted by Crippen LogP contribution is -2.54. The number of fused-ring (bicyclic) bond motifs is 1. The second-order valence-electron chi connectivity index (χ2n) is 5.29. The lowest BCUT2D eigenvalue weighted by atomic mass is 9.68. The van der Waals surface area contributed by atoms with E-state index >= 15 is 0 Å². The zero-order chi connectivity index (χ0) is 12.6. The van der Waals surface area contributed by atoms with E-state index < -0.39 is 0 Å². The Bertz CT molecular complexity index is 415. The molecule has 2 atom stereocenters. The SMILES string of the molecule is CCO[C@@H]1Cc2ccc(O)cc2C(C)(C)[C@H]1N. The van der Waals surface area contributed by atoms with Crippen molar-refractivity contribution in [3.8, 4) is 5.75 Å². The molecule has 0 bridgehead atoms. The number of phenolic OH excluding ortho intramolecular Hbond substituents is 1. The number of nitrogens with two attached hydrogens (primary N) is 1. The molecule has 0 spiro atoms. The summed E-state index contributed by atoms with van der Waals surface area (Å²) in [6.45, 7) is 6.90. The van der Waals surface area contributed by atoms with Crippen LogP contribution in [0, 0.1) is 0 Å². The maximum atomic E-state index is 9.60. The van der Waals surface area contributed by atoms with E-state index in [-0.39, 0.29) is 17.6 Å². The van der Waals surface area contributed by atoms with Gasteiger partial charge in [0.2, 0.25) is 0 Å². The van der Waals surface area contributed by atoms with Crippen LogP contribution in [-0.4, -0.2) is 23.9 Å². The van der Waals surface area contributed by atoms with Crippen LogP contribution in [0.4, 0.5) is 0 Å². The summed E-state index contributed by atoms with van der Waals surface area (Å²) in [4.78, 5) is 0. The van der Waals surface area contributed by atoms with E-state index in [0.717, 1.165) is 12.0 Å². The van der Waals surface area contributed by atoms with E-state index in [9.17, 15) is 5.11 Å². The number of ether oxygens (including phenoxy) is 1. The van der Waals surface area contributed by atoms with Gasteiger partial charge in [-0.05, 0) is 30.2 Å². The van der Waals surface area contributed by atoms with Gasteiger partial charge in [0.05, 0.1) is 6.10 Å². The molecule has 0 amide bonds. The summed E-state index contributed by atoms with van der Waals surface area (Å²) in [6, 6.07) is 5.49. The Balaban J connectivity index is 2.44. The smallest absolute Gasteiger partial charge is 0.115 e. The molecule has 1 aromatic carbocycles. The largest absolute Gasteiger partial charge is 0.508 e. The average Bonchev–Trinajstić information content (AvgIpc) is 2.28. The first-order valence-corrected chi connectivity index (χ1v) is 6.16. The maximum Gasteiger partial charge on any atom is 0.115 e. The van der Waals surface area contributed by atoms with Gasteiger partial charge in [-0.3, -0.25) is 0 Å². The van der Waals surface area contributed by atoms with Crippen LogP contribution in [0.1, 0.15) is 31.9 Å². The van der Waals surface area contributed by atoms with Crippen molar-refractivity contribution in [2.24, 2.45) is 5.73 Å². The molecule has 0 heterocycles. The highest BCUT2D eigenvalue weighted by Crippen LogP contribution is 2.38. The van der Waals surface area contributed by atoms with Gasteiger partial charge in [-0.15, -0.1) is 0 Å². The van der Waals surface area contributed by atoms with Crippen LogP contribution < -0.4 is 5.73 Å². The fourth-order valence-corrected chi connectivity index (χ4v) is 2.71. The first-order chi connectivity index (χ1) is 7.96. The van der Waals surface area contributed by atoms with Gasteiger partial charge in [-0.25, -0.2) is 0 Å². The van der Waals surface area contributed by atoms with Crippen LogP contribution in [0.15, 0.2) is 18.2 Å². The number of hydrogen-bond acceptors (Lipinski definition) is 3. The van der Waals surface area contributed by atoms with E-state index in [1.54, 1.807) is 6.07 Å². The summed E-state index contributed by atoms with van der Waals surface area (Å²) in [6.07, 6.45) is 0.890. The lowest BCUT2D eigenvalue weighted by Gasteiger charge is -2.43. The van der Waals surface area contributed by atoms with Crippen molar-refractivity contribution < 1.29 is 9.84 Å². The Morgan fingerprint density at radius 1 is 1.47 bits per heavy atom. The average molecular weight is 235 g/mol. The molecule has 1 aliphatic carbocycles. The van der Waals surface area contributed by atoms with Crippen LogP contribution >= 0.6 is 0 Å². The van der Waals surface area contributed by atoms with Crippen molar-refractivity contribution in [3.63, 3.8) is 0 Å². The van der Waals surface area contributed by atoms with Crippen molar-refractivity contribution in [1.29, 1.82) is 0 Å². The molecule has 0 radical (unpaired) electrons. The van der Waals surface area contributed by atoms with Gasteiger partial charge in [0.15, 0.2) is 0 Å². The molecule has 0 fully saturated rings. The summed E-state index contributed by atoms with van der Waals surface area (Å²) >= 11 is 0. The minimum absolute atomic E-state index is 0.0447. The molecule has 0 saturated carbocycles. The van der Waals surface area contributed by atoms with E-state index in [1.165, 1.54) is 5.56 Å². The Kier molecular flexibility index (Phi) is 3.15. The standard InChI is InChI=1S/C14H21NO2/c1-4-17-12-7-9-5-6-10(16)8-11(9)14(2,3)13(12)15/h5-6,8,12-13,16H,4,7,15H2,1-3H3/t12-,13+/m1/s1. The molecule has 1 aliphatic rings. The van der Waals surface area contributed by atoms with E-state index in [4.69, 9.17) is 10.5 Å². The van der Waals surface area contributed by atoms with Gasteiger partial charge in [0.1, 0.15) is 5.75 Å². The summed E-state index contributed by atoms with van der Waals surface area (Å²) in [5, 5.41) is 9.60. The fourth-order valence-electron chi connectivity index (χ4n) is 2.71. The Labute approximate surface area is 103 Å². The van der Waals surface area contributed by atoms with Gasteiger partial charge in [0.25, 0.3) is 0 Å². The Morgan fingerprint density at radius 2 is 2.18 bits per heavy atom. The van der Waals surface area contributed by atoms with Crippen LogP contribution in [0.5, 0.6) is 5.75 Å². The van der Waals surface area contributed by atoms with Crippen molar-refractivity contribution in [1.82, 2.24) is 0 Å². The molecule has 2 rings (SSSR count). The Morgan fingerprint density at radius 3 is 2.82 bits per heavy atom. The first kappa shape index (κ1) is 12.4. The third-order valence-electron chi connectivity index (χ3n) is 3.82. The fraction of sp³-hybridized carbons (Fsp3) is 0.571. The molecule has 0 saturated heterocycles. The molecular weight excluding hydrogens is 214 g/mol. The van der Waals surface area contributed by atoms with Crippen LogP contribution in [0.2, 0.25) is 0 Å². The van der Waals surface area contributed by atoms with Crippen LogP contribution in [0.3, 0.4) is 0 Å². The zero-order valence-electron chi connectivity index (χ0n) is 10.7. The second kappa shape index (κ2) is 4.31. The van der Waals surface area contributed by atoms with Gasteiger partial charge in [-0.1, -0.05) is 19.9 Å². The van der Waals surface area contributed by atoms with E-state index in [1.807, 2.05) is 19.1 Å². The Hall–Kier alpha value is -1.06. The van der Waals surface area contributed by atoms with Gasteiger partial charge >= 0.3 is 0 Å². The molecule has 1 aromatic rings. The highest BCUT2D eigenvalue weighted by Gasteiger charge is 2.40. The molecule has 3 N–H and O–H groups in total. The highest BCUT2D eigenvalue weighted by molar-refractivity contribution is 5.43. The summed E-state index contributed by atoms with van der Waals surface area (Å²) < 4.78 is 5.73. The topological polar surface area (TPSA) is 55.5 Å². The predicted molar refractivity (Wildman–Crippen MR) is 68.2 cm³/mol. The lowest BCUT2D eigenvalue weighted by molar-refractivity contribution is 0.0201. The van der Waals surface area contributed by atoms with Crippen LogP contribution in [-0.2, 0) is 16.6 Å². The monoisotopic (exact) mass is 235 g/mol. The van der Waals surface area contributed by atoms with Gasteiger partial charge < -0.3 is 15.6 Å². The summed E-state index contributed by atoms with van der Waals surface area (Å²) in [5.74, 6) is 0.305. The van der Waals surface area contributed by atoms with Crippen molar-refractivity contribution in [2.45, 2.75) is 44.8 Å². The number of benzene rings is 1. The minimum Gasteiger partial charge on any atom is -0.508 e. The summed E-state index contributed by atoms with van der Waals surface area (Å²) in [7, 11) is 0. The predicted octanol–water partition coefficient (Wildman–Crippen LogP) is 1.96. The molecule has 0 unspecified atom stereocenters. The molecular formula is C14H21NO2. The number of phenols is 1. The molecule has 17 heavy (non-hydrogen) atoms. The quantitative estimate of drug-likeness (QED) is 0.824. The van der Waals surface area contributed by atoms with E-state index in [2.05, 4.69) is 13.8 Å². The first-order valence-electron chi connectivity index (χ1n) is 6.16. The number of hydrogen-bond donors (Lipinski definition) is 2. The number of rotatable bonds is 2.